The first-order chi connectivity index (χ1) is 12.5. The Kier molecular flexibility index (Phi) is 5.47. The first-order valence-electron chi connectivity index (χ1n) is 8.49. The zero-order valence-corrected chi connectivity index (χ0v) is 15.6. The molecule has 2 amide bonds. The van der Waals surface area contributed by atoms with Gasteiger partial charge in [-0.05, 0) is 54.2 Å². The molecule has 0 saturated heterocycles. The summed E-state index contributed by atoms with van der Waals surface area (Å²) in [6.45, 7) is 5.31. The molecule has 1 aliphatic heterocycles. The number of ether oxygens (including phenoxy) is 1. The number of fused-ring (bicyclic) bond motifs is 1. The van der Waals surface area contributed by atoms with Crippen molar-refractivity contribution in [1.82, 2.24) is 10.6 Å². The summed E-state index contributed by atoms with van der Waals surface area (Å²) in [5, 5.41) is 6.00. The van der Waals surface area contributed by atoms with E-state index in [1.54, 1.807) is 0 Å². The first kappa shape index (κ1) is 18.3. The Balaban J connectivity index is 1.97. The van der Waals surface area contributed by atoms with Gasteiger partial charge < -0.3 is 15.4 Å². The molecule has 0 atom stereocenters. The molecule has 0 unspecified atom stereocenters. The molecule has 1 heterocycles. The zero-order chi connectivity index (χ0) is 18.7. The average molecular weight is 373 g/mol. The zero-order valence-electron chi connectivity index (χ0n) is 14.8. The van der Waals surface area contributed by atoms with Crippen molar-refractivity contribution < 1.29 is 14.3 Å². The van der Waals surface area contributed by atoms with Gasteiger partial charge >= 0.3 is 0 Å². The van der Waals surface area contributed by atoms with Crippen molar-refractivity contribution >= 4 is 23.9 Å². The molecule has 26 heavy (non-hydrogen) atoms. The predicted molar refractivity (Wildman–Crippen MR) is 101 cm³/mol. The van der Waals surface area contributed by atoms with Crippen LogP contribution >= 0.6 is 11.6 Å². The van der Waals surface area contributed by atoms with Crippen LogP contribution in [0.4, 0.5) is 0 Å². The Bertz CT molecular complexity index is 865. The Morgan fingerprint density at radius 2 is 2.08 bits per heavy atom. The topological polar surface area (TPSA) is 67.4 Å². The number of carbonyl (C=O) groups is 2. The molecule has 0 fully saturated rings. The lowest BCUT2D eigenvalue weighted by Crippen LogP contribution is -2.24. The van der Waals surface area contributed by atoms with Gasteiger partial charge in [-0.15, -0.1) is 0 Å². The van der Waals surface area contributed by atoms with Gasteiger partial charge in [0.15, 0.2) is 5.75 Å². The van der Waals surface area contributed by atoms with Crippen molar-refractivity contribution in [3.05, 3.63) is 62.7 Å². The fraction of sp³-hybridized carbons (Fsp3) is 0.300. The van der Waals surface area contributed by atoms with Gasteiger partial charge in [0.2, 0.25) is 6.41 Å². The second-order valence-corrected chi connectivity index (χ2v) is 6.77. The number of nitrogens with one attached hydrogen (secondary N) is 2. The molecule has 2 aromatic carbocycles. The van der Waals surface area contributed by atoms with Gasteiger partial charge in [-0.3, -0.25) is 9.59 Å². The van der Waals surface area contributed by atoms with Crippen molar-refractivity contribution in [2.75, 3.05) is 13.2 Å². The van der Waals surface area contributed by atoms with Gasteiger partial charge in [0.05, 0.1) is 17.1 Å². The molecule has 136 valence electrons. The second-order valence-electron chi connectivity index (χ2n) is 6.39. The molecule has 0 radical (unpaired) electrons. The van der Waals surface area contributed by atoms with Crippen molar-refractivity contribution in [3.63, 3.8) is 0 Å². The van der Waals surface area contributed by atoms with Crippen LogP contribution in [0.15, 0.2) is 24.3 Å². The van der Waals surface area contributed by atoms with E-state index in [9.17, 15) is 9.59 Å². The Morgan fingerprint density at radius 1 is 1.27 bits per heavy atom. The summed E-state index contributed by atoms with van der Waals surface area (Å²) in [7, 11) is 0. The van der Waals surface area contributed by atoms with Crippen LogP contribution in [0.2, 0.25) is 5.02 Å². The molecule has 2 aromatic rings. The van der Waals surface area contributed by atoms with E-state index in [0.717, 1.165) is 27.8 Å². The van der Waals surface area contributed by atoms with E-state index in [2.05, 4.69) is 22.8 Å². The van der Waals surface area contributed by atoms with Crippen molar-refractivity contribution in [3.8, 4) is 5.75 Å². The summed E-state index contributed by atoms with van der Waals surface area (Å²) in [6.07, 6.45) is 1.33. The first-order valence-corrected chi connectivity index (χ1v) is 8.87. The number of amides is 2. The maximum Gasteiger partial charge on any atom is 0.255 e. The smallest absolute Gasteiger partial charge is 0.255 e. The Morgan fingerprint density at radius 3 is 2.85 bits per heavy atom. The van der Waals surface area contributed by atoms with Crippen LogP contribution in [-0.4, -0.2) is 25.5 Å². The lowest BCUT2D eigenvalue weighted by Gasteiger charge is -2.15. The third kappa shape index (κ3) is 3.68. The largest absolute Gasteiger partial charge is 0.489 e. The number of halogens is 1. The lowest BCUT2D eigenvalue weighted by molar-refractivity contribution is -0.109. The van der Waals surface area contributed by atoms with Crippen LogP contribution in [0, 0.1) is 13.8 Å². The molecule has 3 rings (SSSR count). The average Bonchev–Trinajstić information content (AvgIpc) is 2.81. The maximum absolute atomic E-state index is 12.3. The number of benzene rings is 2. The van der Waals surface area contributed by atoms with E-state index in [4.69, 9.17) is 16.3 Å². The van der Waals surface area contributed by atoms with E-state index in [1.807, 2.05) is 26.0 Å². The number of hydrogen-bond donors (Lipinski definition) is 2. The standard InChI is InChI=1S/C20H21ClN2O3/c1-12-3-4-14(8-16(12)10-22-11-24)7-15-9-17-19(18(21)13(15)2)26-6-5-23-20(17)25/h3-4,8-9,11H,5-7,10H2,1-2H3,(H,22,24)(H,23,25). The van der Waals surface area contributed by atoms with E-state index < -0.39 is 0 Å². The number of aryl methyl sites for hydroxylation is 1. The summed E-state index contributed by atoms with van der Waals surface area (Å²) < 4.78 is 5.66. The molecule has 6 heteroatoms. The highest BCUT2D eigenvalue weighted by Crippen LogP contribution is 2.36. The molecular formula is C20H21ClN2O3. The summed E-state index contributed by atoms with van der Waals surface area (Å²) in [5.74, 6) is 0.295. The van der Waals surface area contributed by atoms with Crippen LogP contribution in [0.5, 0.6) is 5.75 Å². The molecule has 0 aromatic heterocycles. The summed E-state index contributed by atoms with van der Waals surface area (Å²) in [6, 6.07) is 8.02. The Hall–Kier alpha value is -2.53. The molecule has 1 aliphatic rings. The normalized spacial score (nSPS) is 13.3. The van der Waals surface area contributed by atoms with Crippen LogP contribution in [0.3, 0.4) is 0 Å². The number of hydrogen-bond acceptors (Lipinski definition) is 3. The molecular weight excluding hydrogens is 352 g/mol. The number of rotatable bonds is 5. The van der Waals surface area contributed by atoms with Crippen LogP contribution in [0.1, 0.15) is 38.2 Å². The van der Waals surface area contributed by atoms with Gasteiger partial charge in [-0.25, -0.2) is 0 Å². The molecule has 2 N–H and O–H groups in total. The van der Waals surface area contributed by atoms with Crippen molar-refractivity contribution in [2.45, 2.75) is 26.8 Å². The summed E-state index contributed by atoms with van der Waals surface area (Å²) in [4.78, 5) is 22.9. The SMILES string of the molecule is Cc1ccc(Cc2cc3c(c(Cl)c2C)OCCNC3=O)cc1CNC=O. The van der Waals surface area contributed by atoms with Gasteiger partial charge in [0, 0.05) is 6.54 Å². The summed E-state index contributed by atoms with van der Waals surface area (Å²) >= 11 is 6.49. The molecule has 0 saturated carbocycles. The van der Waals surface area contributed by atoms with Crippen molar-refractivity contribution in [1.29, 1.82) is 0 Å². The highest BCUT2D eigenvalue weighted by molar-refractivity contribution is 6.33. The molecule has 0 bridgehead atoms. The lowest BCUT2D eigenvalue weighted by atomic mass is 9.95. The predicted octanol–water partition coefficient (Wildman–Crippen LogP) is 2.92. The van der Waals surface area contributed by atoms with Crippen molar-refractivity contribution in [2.24, 2.45) is 0 Å². The molecule has 0 aliphatic carbocycles. The third-order valence-corrected chi connectivity index (χ3v) is 5.09. The van der Waals surface area contributed by atoms with E-state index in [0.29, 0.717) is 48.9 Å². The van der Waals surface area contributed by atoms with Crippen LogP contribution in [0.25, 0.3) is 0 Å². The molecule has 0 spiro atoms. The second kappa shape index (κ2) is 7.79. The fourth-order valence-electron chi connectivity index (χ4n) is 3.08. The highest BCUT2D eigenvalue weighted by atomic mass is 35.5. The highest BCUT2D eigenvalue weighted by Gasteiger charge is 2.22. The minimum absolute atomic E-state index is 0.166. The van der Waals surface area contributed by atoms with Gasteiger partial charge in [-0.2, -0.15) is 0 Å². The number of carbonyl (C=O) groups excluding carboxylic acids is 2. The van der Waals surface area contributed by atoms with E-state index in [1.165, 1.54) is 0 Å². The maximum atomic E-state index is 12.3. The van der Waals surface area contributed by atoms with Crippen LogP contribution in [-0.2, 0) is 17.8 Å². The van der Waals surface area contributed by atoms with Gasteiger partial charge in [-0.1, -0.05) is 29.8 Å². The minimum Gasteiger partial charge on any atom is -0.489 e. The van der Waals surface area contributed by atoms with Crippen LogP contribution < -0.4 is 15.4 Å². The van der Waals surface area contributed by atoms with E-state index >= 15 is 0 Å². The third-order valence-electron chi connectivity index (χ3n) is 4.64. The van der Waals surface area contributed by atoms with E-state index in [-0.39, 0.29) is 5.91 Å². The fourth-order valence-corrected chi connectivity index (χ4v) is 3.36. The van der Waals surface area contributed by atoms with Gasteiger partial charge in [0.25, 0.3) is 5.91 Å². The monoisotopic (exact) mass is 372 g/mol. The summed E-state index contributed by atoms with van der Waals surface area (Å²) in [5.41, 5.74) is 5.64. The minimum atomic E-state index is -0.166. The van der Waals surface area contributed by atoms with Gasteiger partial charge in [0.1, 0.15) is 6.61 Å². The quantitative estimate of drug-likeness (QED) is 0.793. The molecule has 5 nitrogen and oxygen atoms in total. The Labute approximate surface area is 157 Å².